The number of methoxy groups -OCH3 is 1. The van der Waals surface area contributed by atoms with Gasteiger partial charge >= 0.3 is 5.97 Å². The first-order valence-corrected chi connectivity index (χ1v) is 6.91. The molecule has 0 saturated heterocycles. The zero-order chi connectivity index (χ0) is 14.7. The maximum Gasteiger partial charge on any atom is 0.306 e. The smallest absolute Gasteiger partial charge is 0.306 e. The van der Waals surface area contributed by atoms with Crippen molar-refractivity contribution in [3.8, 4) is 0 Å². The average molecular weight is 276 g/mol. The highest BCUT2D eigenvalue weighted by Crippen LogP contribution is 2.02. The van der Waals surface area contributed by atoms with Gasteiger partial charge in [0.1, 0.15) is 6.10 Å². The highest BCUT2D eigenvalue weighted by Gasteiger charge is 2.12. The number of hydrogen-bond acceptors (Lipinski definition) is 5. The van der Waals surface area contributed by atoms with Gasteiger partial charge in [0.25, 0.3) is 0 Å². The molecule has 0 aromatic heterocycles. The van der Waals surface area contributed by atoms with E-state index in [1.807, 2.05) is 27.7 Å². The van der Waals surface area contributed by atoms with Crippen LogP contribution in [-0.4, -0.2) is 51.2 Å². The second-order valence-electron chi connectivity index (χ2n) is 4.79. The minimum Gasteiger partial charge on any atom is -0.460 e. The van der Waals surface area contributed by atoms with Crippen LogP contribution in [0.3, 0.4) is 0 Å². The molecule has 114 valence electrons. The van der Waals surface area contributed by atoms with Crippen molar-refractivity contribution in [1.82, 2.24) is 0 Å². The van der Waals surface area contributed by atoms with Crippen LogP contribution >= 0.6 is 0 Å². The molecule has 0 N–H and O–H groups in total. The van der Waals surface area contributed by atoms with Gasteiger partial charge in [-0.25, -0.2) is 0 Å². The standard InChI is InChI=1S/C14H28O5/c1-6-7-14(15)19-13(4)10-18-12(3)9-17-11(2)8-16-5/h11-13H,6-10H2,1-5H3. The van der Waals surface area contributed by atoms with Crippen molar-refractivity contribution in [3.05, 3.63) is 0 Å². The number of rotatable bonds is 11. The van der Waals surface area contributed by atoms with E-state index in [0.717, 1.165) is 6.42 Å². The van der Waals surface area contributed by atoms with Crippen LogP contribution in [0.1, 0.15) is 40.5 Å². The van der Waals surface area contributed by atoms with Crippen molar-refractivity contribution >= 4 is 5.97 Å². The molecule has 3 unspecified atom stereocenters. The molecule has 0 aromatic carbocycles. The SMILES string of the molecule is CCCC(=O)OC(C)COC(C)COC(C)COC. The van der Waals surface area contributed by atoms with E-state index in [9.17, 15) is 4.79 Å². The van der Waals surface area contributed by atoms with Gasteiger partial charge in [0.15, 0.2) is 0 Å². The van der Waals surface area contributed by atoms with E-state index in [4.69, 9.17) is 18.9 Å². The van der Waals surface area contributed by atoms with Crippen molar-refractivity contribution in [2.45, 2.75) is 58.8 Å². The van der Waals surface area contributed by atoms with Gasteiger partial charge in [0.2, 0.25) is 0 Å². The quantitative estimate of drug-likeness (QED) is 0.541. The maximum absolute atomic E-state index is 11.3. The predicted octanol–water partition coefficient (Wildman–Crippen LogP) is 2.17. The zero-order valence-electron chi connectivity index (χ0n) is 12.8. The van der Waals surface area contributed by atoms with Gasteiger partial charge in [-0.05, 0) is 27.2 Å². The Balaban J connectivity index is 3.65. The molecule has 0 saturated carbocycles. The van der Waals surface area contributed by atoms with Crippen LogP contribution in [-0.2, 0) is 23.7 Å². The summed E-state index contributed by atoms with van der Waals surface area (Å²) >= 11 is 0. The summed E-state index contributed by atoms with van der Waals surface area (Å²) in [5, 5.41) is 0. The topological polar surface area (TPSA) is 54.0 Å². The van der Waals surface area contributed by atoms with E-state index in [2.05, 4.69) is 0 Å². The first-order valence-electron chi connectivity index (χ1n) is 6.91. The van der Waals surface area contributed by atoms with Gasteiger partial charge in [0, 0.05) is 13.5 Å². The third-order valence-corrected chi connectivity index (χ3v) is 2.42. The summed E-state index contributed by atoms with van der Waals surface area (Å²) in [6, 6.07) is 0. The third kappa shape index (κ3) is 10.9. The van der Waals surface area contributed by atoms with Gasteiger partial charge in [-0.15, -0.1) is 0 Å². The molecule has 5 nitrogen and oxygen atoms in total. The molecule has 19 heavy (non-hydrogen) atoms. The van der Waals surface area contributed by atoms with E-state index in [-0.39, 0.29) is 24.3 Å². The molecule has 0 bridgehead atoms. The first-order chi connectivity index (χ1) is 8.99. The molecule has 0 fully saturated rings. The number of carbonyl (C=O) groups is 1. The predicted molar refractivity (Wildman–Crippen MR) is 73.2 cm³/mol. The van der Waals surface area contributed by atoms with Crippen LogP contribution in [0, 0.1) is 0 Å². The lowest BCUT2D eigenvalue weighted by molar-refractivity contribution is -0.153. The fraction of sp³-hybridized carbons (Fsp3) is 0.929. The highest BCUT2D eigenvalue weighted by atomic mass is 16.6. The lowest BCUT2D eigenvalue weighted by Crippen LogP contribution is -2.27. The van der Waals surface area contributed by atoms with Gasteiger partial charge in [-0.3, -0.25) is 4.79 Å². The van der Waals surface area contributed by atoms with Crippen LogP contribution in [0.15, 0.2) is 0 Å². The van der Waals surface area contributed by atoms with Crippen molar-refractivity contribution in [1.29, 1.82) is 0 Å². The van der Waals surface area contributed by atoms with Gasteiger partial charge in [0.05, 0.1) is 32.0 Å². The van der Waals surface area contributed by atoms with Crippen molar-refractivity contribution in [3.63, 3.8) is 0 Å². The van der Waals surface area contributed by atoms with E-state index in [0.29, 0.717) is 26.2 Å². The first kappa shape index (κ1) is 18.4. The average Bonchev–Trinajstić information content (AvgIpc) is 2.34. The molecule has 0 amide bonds. The Morgan fingerprint density at radius 1 is 0.947 bits per heavy atom. The van der Waals surface area contributed by atoms with Crippen LogP contribution in [0.2, 0.25) is 0 Å². The monoisotopic (exact) mass is 276 g/mol. The Morgan fingerprint density at radius 3 is 2.00 bits per heavy atom. The summed E-state index contributed by atoms with van der Waals surface area (Å²) in [6.45, 7) is 9.11. The summed E-state index contributed by atoms with van der Waals surface area (Å²) in [5.41, 5.74) is 0. The number of ether oxygens (including phenoxy) is 4. The van der Waals surface area contributed by atoms with Crippen LogP contribution in [0.25, 0.3) is 0 Å². The van der Waals surface area contributed by atoms with Crippen molar-refractivity contribution in [2.75, 3.05) is 26.9 Å². The lowest BCUT2D eigenvalue weighted by atomic mass is 10.3. The molecule has 0 heterocycles. The number of carbonyl (C=O) groups excluding carboxylic acids is 1. The fourth-order valence-corrected chi connectivity index (χ4v) is 1.45. The molecular weight excluding hydrogens is 248 g/mol. The minimum absolute atomic E-state index is 0.0355. The Bertz CT molecular complexity index is 232. The molecule has 0 aliphatic carbocycles. The van der Waals surface area contributed by atoms with Crippen LogP contribution in [0.4, 0.5) is 0 Å². The molecule has 0 rings (SSSR count). The molecule has 0 spiro atoms. The Kier molecular flexibility index (Phi) is 10.8. The lowest BCUT2D eigenvalue weighted by Gasteiger charge is -2.19. The van der Waals surface area contributed by atoms with Crippen molar-refractivity contribution in [2.24, 2.45) is 0 Å². The third-order valence-electron chi connectivity index (χ3n) is 2.42. The maximum atomic E-state index is 11.3. The molecule has 0 radical (unpaired) electrons. The van der Waals surface area contributed by atoms with E-state index in [1.54, 1.807) is 7.11 Å². The largest absolute Gasteiger partial charge is 0.460 e. The summed E-state index contributed by atoms with van der Waals surface area (Å²) in [6.07, 6.45) is 1.05. The summed E-state index contributed by atoms with van der Waals surface area (Å²) in [7, 11) is 1.64. The van der Waals surface area contributed by atoms with Crippen molar-refractivity contribution < 1.29 is 23.7 Å². The zero-order valence-corrected chi connectivity index (χ0v) is 12.8. The van der Waals surface area contributed by atoms with Gasteiger partial charge in [-0.2, -0.15) is 0 Å². The van der Waals surface area contributed by atoms with Gasteiger partial charge < -0.3 is 18.9 Å². The Morgan fingerprint density at radius 2 is 1.47 bits per heavy atom. The molecule has 3 atom stereocenters. The normalized spacial score (nSPS) is 15.8. The van der Waals surface area contributed by atoms with Crippen LogP contribution in [0.5, 0.6) is 0 Å². The number of esters is 1. The second kappa shape index (κ2) is 11.2. The molecule has 0 aliphatic heterocycles. The summed E-state index contributed by atoms with van der Waals surface area (Å²) in [5.74, 6) is -0.170. The van der Waals surface area contributed by atoms with Gasteiger partial charge in [-0.1, -0.05) is 6.92 Å². The van der Waals surface area contributed by atoms with E-state index in [1.165, 1.54) is 0 Å². The summed E-state index contributed by atoms with van der Waals surface area (Å²) < 4.78 is 21.3. The fourth-order valence-electron chi connectivity index (χ4n) is 1.45. The highest BCUT2D eigenvalue weighted by molar-refractivity contribution is 5.69. The second-order valence-corrected chi connectivity index (χ2v) is 4.79. The molecule has 5 heteroatoms. The molecule has 0 aliphatic rings. The van der Waals surface area contributed by atoms with E-state index >= 15 is 0 Å². The minimum atomic E-state index is -0.224. The molecular formula is C14H28O5. The van der Waals surface area contributed by atoms with E-state index < -0.39 is 0 Å². The number of hydrogen-bond donors (Lipinski definition) is 0. The Labute approximate surface area is 116 Å². The van der Waals surface area contributed by atoms with Crippen LogP contribution < -0.4 is 0 Å². The molecule has 0 aromatic rings. The summed E-state index contributed by atoms with van der Waals surface area (Å²) in [4.78, 5) is 11.3. The Hall–Kier alpha value is -0.650.